The quantitative estimate of drug-likeness (QED) is 0.554. The Morgan fingerprint density at radius 3 is 2.52 bits per heavy atom. The maximum absolute atomic E-state index is 13.6. The average Bonchev–Trinajstić information content (AvgIpc) is 3.31. The van der Waals surface area contributed by atoms with Gasteiger partial charge in [-0.15, -0.1) is 0 Å². The van der Waals surface area contributed by atoms with Crippen LogP contribution in [0.4, 0.5) is 0 Å². The summed E-state index contributed by atoms with van der Waals surface area (Å²) in [7, 11) is 0. The zero-order chi connectivity index (χ0) is 23.8. The van der Waals surface area contributed by atoms with Crippen molar-refractivity contribution < 1.29 is 29.7 Å². The number of aliphatic hydroxyl groups is 2. The molecule has 8 unspecified atom stereocenters. The van der Waals surface area contributed by atoms with Crippen LogP contribution in [0, 0.1) is 39.4 Å². The van der Waals surface area contributed by atoms with E-state index in [9.17, 15) is 29.7 Å². The standard InChI is InChI=1S/C27H38O6/c1-24-10-4-3-5-16(24)6-7-18-19-9-12-27(21(31)15-28,25(19,2)14-20(30)22(18)24)26(23(32)33)11-8-17(29)13-26/h5,18-20,22,28,30H,3-4,6-15H2,1-2H3,(H,32,33). The number of aliphatic carboxylic acids is 1. The van der Waals surface area contributed by atoms with Gasteiger partial charge in [0.05, 0.1) is 16.9 Å². The first-order chi connectivity index (χ1) is 15.6. The molecule has 4 saturated carbocycles. The van der Waals surface area contributed by atoms with Gasteiger partial charge in [-0.05, 0) is 86.4 Å². The zero-order valence-electron chi connectivity index (χ0n) is 19.9. The molecule has 5 aliphatic rings. The molecule has 5 aliphatic carbocycles. The number of fused-ring (bicyclic) bond motifs is 5. The molecule has 5 rings (SSSR count). The molecule has 0 spiro atoms. The summed E-state index contributed by atoms with van der Waals surface area (Å²) < 4.78 is 0. The van der Waals surface area contributed by atoms with Crippen molar-refractivity contribution in [2.24, 2.45) is 39.4 Å². The molecule has 3 N–H and O–H groups in total. The van der Waals surface area contributed by atoms with Gasteiger partial charge in [-0.3, -0.25) is 14.4 Å². The van der Waals surface area contributed by atoms with Gasteiger partial charge in [0.15, 0.2) is 5.78 Å². The lowest BCUT2D eigenvalue weighted by molar-refractivity contribution is -0.196. The summed E-state index contributed by atoms with van der Waals surface area (Å²) in [5.74, 6) is -1.23. The molecule has 6 heteroatoms. The van der Waals surface area contributed by atoms with E-state index < -0.39 is 40.7 Å². The monoisotopic (exact) mass is 458 g/mol. The molecule has 8 atom stereocenters. The summed E-state index contributed by atoms with van der Waals surface area (Å²) >= 11 is 0. The van der Waals surface area contributed by atoms with Crippen molar-refractivity contribution in [1.82, 2.24) is 0 Å². The van der Waals surface area contributed by atoms with Crippen molar-refractivity contribution in [3.05, 3.63) is 11.6 Å². The van der Waals surface area contributed by atoms with Gasteiger partial charge in [0.25, 0.3) is 0 Å². The number of carboxylic acids is 1. The number of aliphatic hydroxyl groups excluding tert-OH is 2. The van der Waals surface area contributed by atoms with Crippen molar-refractivity contribution in [3.8, 4) is 0 Å². The van der Waals surface area contributed by atoms with Crippen LogP contribution in [0.15, 0.2) is 11.6 Å². The van der Waals surface area contributed by atoms with Crippen LogP contribution in [0.1, 0.15) is 84.5 Å². The Bertz CT molecular complexity index is 924. The summed E-state index contributed by atoms with van der Waals surface area (Å²) in [5, 5.41) is 32.3. The summed E-state index contributed by atoms with van der Waals surface area (Å²) in [4.78, 5) is 38.9. The van der Waals surface area contributed by atoms with Crippen LogP contribution < -0.4 is 0 Å². The minimum Gasteiger partial charge on any atom is -0.481 e. The maximum atomic E-state index is 13.6. The van der Waals surface area contributed by atoms with Gasteiger partial charge in [0.2, 0.25) is 0 Å². The third-order valence-electron chi connectivity index (χ3n) is 11.3. The first-order valence-corrected chi connectivity index (χ1v) is 12.8. The summed E-state index contributed by atoms with van der Waals surface area (Å²) in [6, 6.07) is 0. The van der Waals surface area contributed by atoms with E-state index in [-0.39, 0.29) is 48.2 Å². The SMILES string of the molecule is CC12CCCC=C1CCC1C2C(O)CC2(C)C1CCC2(C(=O)CO)C1(C(=O)O)CCC(=O)C1. The second-order valence-corrected chi connectivity index (χ2v) is 12.2. The first kappa shape index (κ1) is 23.2. The van der Waals surface area contributed by atoms with E-state index in [0.29, 0.717) is 19.3 Å². The highest BCUT2D eigenvalue weighted by molar-refractivity contribution is 5.98. The van der Waals surface area contributed by atoms with E-state index in [1.54, 1.807) is 0 Å². The van der Waals surface area contributed by atoms with Crippen molar-refractivity contribution in [2.75, 3.05) is 6.61 Å². The van der Waals surface area contributed by atoms with Crippen LogP contribution >= 0.6 is 0 Å². The number of hydrogen-bond acceptors (Lipinski definition) is 5. The fourth-order valence-corrected chi connectivity index (χ4v) is 10.2. The third kappa shape index (κ3) is 2.71. The topological polar surface area (TPSA) is 112 Å². The van der Waals surface area contributed by atoms with E-state index in [4.69, 9.17) is 0 Å². The van der Waals surface area contributed by atoms with Crippen LogP contribution in [-0.2, 0) is 14.4 Å². The molecule has 0 aliphatic heterocycles. The largest absolute Gasteiger partial charge is 0.481 e. The van der Waals surface area contributed by atoms with Gasteiger partial charge >= 0.3 is 5.97 Å². The van der Waals surface area contributed by atoms with Crippen LogP contribution in [0.3, 0.4) is 0 Å². The first-order valence-electron chi connectivity index (χ1n) is 12.8. The van der Waals surface area contributed by atoms with Crippen LogP contribution in [0.2, 0.25) is 0 Å². The number of allylic oxidation sites excluding steroid dienone is 2. The number of Topliss-reactive ketones (excluding diaryl/α,β-unsaturated/α-hetero) is 2. The summed E-state index contributed by atoms with van der Waals surface area (Å²) in [5.41, 5.74) is -2.15. The van der Waals surface area contributed by atoms with Crippen molar-refractivity contribution in [3.63, 3.8) is 0 Å². The smallest absolute Gasteiger partial charge is 0.311 e. The molecule has 0 saturated heterocycles. The van der Waals surface area contributed by atoms with E-state index in [1.165, 1.54) is 5.57 Å². The highest BCUT2D eigenvalue weighted by Crippen LogP contribution is 2.75. The molecule has 4 fully saturated rings. The molecule has 0 radical (unpaired) electrons. The maximum Gasteiger partial charge on any atom is 0.311 e. The van der Waals surface area contributed by atoms with Gasteiger partial charge in [-0.25, -0.2) is 0 Å². The number of carboxylic acid groups (broad SMARTS) is 1. The van der Waals surface area contributed by atoms with E-state index >= 15 is 0 Å². The molecule has 182 valence electrons. The number of carbonyl (C=O) groups is 3. The summed E-state index contributed by atoms with van der Waals surface area (Å²) in [6.45, 7) is 3.58. The van der Waals surface area contributed by atoms with Crippen molar-refractivity contribution in [2.45, 2.75) is 90.6 Å². The molecule has 6 nitrogen and oxygen atoms in total. The minimum absolute atomic E-state index is 0.0397. The normalized spacial score (nSPS) is 49.1. The Balaban J connectivity index is 1.64. The number of hydrogen-bond donors (Lipinski definition) is 3. The van der Waals surface area contributed by atoms with E-state index in [2.05, 4.69) is 13.0 Å². The van der Waals surface area contributed by atoms with E-state index in [1.807, 2.05) is 6.92 Å². The third-order valence-corrected chi connectivity index (χ3v) is 11.3. The molecule has 0 aromatic carbocycles. The van der Waals surface area contributed by atoms with Crippen LogP contribution in [0.5, 0.6) is 0 Å². The highest BCUT2D eigenvalue weighted by Gasteiger charge is 2.76. The van der Waals surface area contributed by atoms with Gasteiger partial charge in [0.1, 0.15) is 12.4 Å². The number of rotatable bonds is 4. The van der Waals surface area contributed by atoms with Crippen molar-refractivity contribution >= 4 is 17.5 Å². The zero-order valence-corrected chi connectivity index (χ0v) is 19.9. The molecular weight excluding hydrogens is 420 g/mol. The average molecular weight is 459 g/mol. The molecule has 0 bridgehead atoms. The Morgan fingerprint density at radius 2 is 1.88 bits per heavy atom. The molecule has 33 heavy (non-hydrogen) atoms. The Morgan fingerprint density at radius 1 is 1.12 bits per heavy atom. The Hall–Kier alpha value is -1.53. The molecule has 0 amide bonds. The van der Waals surface area contributed by atoms with Crippen LogP contribution in [-0.4, -0.2) is 45.6 Å². The van der Waals surface area contributed by atoms with Gasteiger partial charge in [-0.2, -0.15) is 0 Å². The highest BCUT2D eigenvalue weighted by atomic mass is 16.4. The fourth-order valence-electron chi connectivity index (χ4n) is 10.2. The van der Waals surface area contributed by atoms with Gasteiger partial charge in [0, 0.05) is 12.8 Å². The van der Waals surface area contributed by atoms with E-state index in [0.717, 1.165) is 32.1 Å². The number of ketones is 2. The van der Waals surface area contributed by atoms with Crippen LogP contribution in [0.25, 0.3) is 0 Å². The molecule has 0 aromatic heterocycles. The lowest BCUT2D eigenvalue weighted by atomic mass is 9.40. The predicted octanol–water partition coefficient (Wildman–Crippen LogP) is 3.68. The molecule has 0 aromatic rings. The molecular formula is C27H38O6. The minimum atomic E-state index is -1.49. The van der Waals surface area contributed by atoms with Crippen molar-refractivity contribution in [1.29, 1.82) is 0 Å². The Kier molecular flexibility index (Phi) is 5.27. The summed E-state index contributed by atoms with van der Waals surface area (Å²) in [6.07, 6.45) is 8.59. The lowest BCUT2D eigenvalue weighted by Crippen LogP contribution is -2.64. The van der Waals surface area contributed by atoms with Gasteiger partial charge < -0.3 is 15.3 Å². The van der Waals surface area contributed by atoms with Gasteiger partial charge in [-0.1, -0.05) is 25.5 Å². The lowest BCUT2D eigenvalue weighted by Gasteiger charge is -2.63. The predicted molar refractivity (Wildman–Crippen MR) is 121 cm³/mol. The fraction of sp³-hybridized carbons (Fsp3) is 0.815. The second kappa shape index (κ2) is 7.48. The second-order valence-electron chi connectivity index (χ2n) is 12.2. The molecule has 0 heterocycles. The Labute approximate surface area is 195 Å². The number of carbonyl (C=O) groups excluding carboxylic acids is 2.